The molecule has 2 aliphatic rings. The quantitative estimate of drug-likeness (QED) is 0.708. The van der Waals surface area contributed by atoms with Crippen LogP contribution in [0.5, 0.6) is 0 Å². The molecule has 122 valence electrons. The Bertz CT molecular complexity index is 670. The molecule has 2 aliphatic heterocycles. The molecule has 1 aromatic carbocycles. The van der Waals surface area contributed by atoms with Crippen LogP contribution in [0, 0.1) is 0 Å². The topological polar surface area (TPSA) is 15.6 Å². The van der Waals surface area contributed by atoms with Gasteiger partial charge in [-0.25, -0.2) is 4.99 Å². The highest BCUT2D eigenvalue weighted by Crippen LogP contribution is 2.53. The second kappa shape index (κ2) is 4.87. The van der Waals surface area contributed by atoms with Crippen molar-refractivity contribution >= 4 is 5.84 Å². The third-order valence-electron chi connectivity index (χ3n) is 3.80. The van der Waals surface area contributed by atoms with Crippen molar-refractivity contribution in [1.82, 2.24) is 4.90 Å². The third kappa shape index (κ3) is 2.15. The van der Waals surface area contributed by atoms with Gasteiger partial charge < -0.3 is 4.90 Å². The largest absolute Gasteiger partial charge is 0.425 e. The smallest absolute Gasteiger partial charge is 0.323 e. The first-order chi connectivity index (χ1) is 10.7. The van der Waals surface area contributed by atoms with Gasteiger partial charge in [0.15, 0.2) is 0 Å². The molecule has 1 unspecified atom stereocenters. The molecule has 0 fully saturated rings. The summed E-state index contributed by atoms with van der Waals surface area (Å²) >= 11 is 0. The summed E-state index contributed by atoms with van der Waals surface area (Å²) in [6.45, 7) is 0. The number of hydrogen-bond acceptors (Lipinski definition) is 2. The maximum Gasteiger partial charge on any atom is 0.425 e. The monoisotopic (exact) mass is 332 g/mol. The minimum Gasteiger partial charge on any atom is -0.323 e. The van der Waals surface area contributed by atoms with Gasteiger partial charge in [-0.3, -0.25) is 0 Å². The number of hydrogen-bond donors (Lipinski definition) is 0. The van der Waals surface area contributed by atoms with Gasteiger partial charge in [0.1, 0.15) is 5.84 Å². The summed E-state index contributed by atoms with van der Waals surface area (Å²) < 4.78 is 80.8. The highest BCUT2D eigenvalue weighted by molar-refractivity contribution is 6.02. The number of halogens is 6. The number of alkyl halides is 6. The van der Waals surface area contributed by atoms with Crippen LogP contribution >= 0.6 is 0 Å². The van der Waals surface area contributed by atoms with Crippen molar-refractivity contribution in [3.8, 4) is 0 Å². The van der Waals surface area contributed by atoms with Gasteiger partial charge in [0.2, 0.25) is 0 Å². The first-order valence-electron chi connectivity index (χ1n) is 6.60. The van der Waals surface area contributed by atoms with Crippen LogP contribution in [0.4, 0.5) is 26.3 Å². The first-order valence-corrected chi connectivity index (χ1v) is 6.60. The third-order valence-corrected chi connectivity index (χ3v) is 3.80. The standard InChI is InChI=1S/C15H10F6N2/c16-14(17,18)13(15(19,20)21)11-8-4-5-9-23(11)12(22-13)10-6-2-1-3-7-10/h1-9,11H. The fourth-order valence-electron chi connectivity index (χ4n) is 2.75. The van der Waals surface area contributed by atoms with Gasteiger partial charge in [0.25, 0.3) is 5.54 Å². The molecular formula is C15H10F6N2. The van der Waals surface area contributed by atoms with Crippen molar-refractivity contribution < 1.29 is 26.3 Å². The normalized spacial score (nSPS) is 23.0. The minimum atomic E-state index is -5.58. The lowest BCUT2D eigenvalue weighted by molar-refractivity contribution is -0.299. The second-order valence-electron chi connectivity index (χ2n) is 5.14. The number of fused-ring (bicyclic) bond motifs is 1. The molecule has 0 aromatic heterocycles. The van der Waals surface area contributed by atoms with Crippen LogP contribution in [-0.2, 0) is 0 Å². The van der Waals surface area contributed by atoms with Gasteiger partial charge in [-0.2, -0.15) is 26.3 Å². The van der Waals surface area contributed by atoms with E-state index in [2.05, 4.69) is 4.99 Å². The molecule has 1 aromatic rings. The van der Waals surface area contributed by atoms with Crippen LogP contribution < -0.4 is 0 Å². The van der Waals surface area contributed by atoms with Gasteiger partial charge in [-0.15, -0.1) is 0 Å². The van der Waals surface area contributed by atoms with Crippen molar-refractivity contribution in [2.45, 2.75) is 23.9 Å². The highest BCUT2D eigenvalue weighted by Gasteiger charge is 2.78. The molecular weight excluding hydrogens is 322 g/mol. The number of aliphatic imine (C=N–C) groups is 1. The van der Waals surface area contributed by atoms with Gasteiger partial charge >= 0.3 is 12.4 Å². The fourth-order valence-corrected chi connectivity index (χ4v) is 2.75. The van der Waals surface area contributed by atoms with E-state index in [1.807, 2.05) is 0 Å². The Balaban J connectivity index is 2.25. The average Bonchev–Trinajstić information content (AvgIpc) is 2.84. The summed E-state index contributed by atoms with van der Waals surface area (Å²) in [4.78, 5) is 4.08. The van der Waals surface area contributed by atoms with Gasteiger partial charge in [-0.05, 0) is 6.08 Å². The maximum atomic E-state index is 13.5. The lowest BCUT2D eigenvalue weighted by Gasteiger charge is -2.37. The van der Waals surface area contributed by atoms with Crippen LogP contribution in [-0.4, -0.2) is 34.7 Å². The van der Waals surface area contributed by atoms with E-state index in [9.17, 15) is 26.3 Å². The molecule has 0 radical (unpaired) electrons. The second-order valence-corrected chi connectivity index (χ2v) is 5.14. The molecule has 3 rings (SSSR count). The molecule has 1 atom stereocenters. The summed E-state index contributed by atoms with van der Waals surface area (Å²) in [6, 6.07) is 5.51. The van der Waals surface area contributed by atoms with Crippen LogP contribution in [0.3, 0.4) is 0 Å². The predicted molar refractivity (Wildman–Crippen MR) is 71.7 cm³/mol. The maximum absolute atomic E-state index is 13.5. The first kappa shape index (κ1) is 15.6. The van der Waals surface area contributed by atoms with E-state index in [1.165, 1.54) is 36.5 Å². The lowest BCUT2D eigenvalue weighted by atomic mass is 9.88. The molecule has 2 heterocycles. The van der Waals surface area contributed by atoms with Gasteiger partial charge in [0.05, 0.1) is 6.04 Å². The van der Waals surface area contributed by atoms with Gasteiger partial charge in [0, 0.05) is 11.8 Å². The molecule has 2 nitrogen and oxygen atoms in total. The molecule has 0 saturated heterocycles. The molecule has 0 spiro atoms. The Kier molecular flexibility index (Phi) is 3.31. The van der Waals surface area contributed by atoms with Crippen molar-refractivity contribution in [1.29, 1.82) is 0 Å². The number of amidine groups is 1. The Morgan fingerprint density at radius 1 is 0.913 bits per heavy atom. The van der Waals surface area contributed by atoms with E-state index in [4.69, 9.17) is 0 Å². The zero-order valence-corrected chi connectivity index (χ0v) is 11.4. The van der Waals surface area contributed by atoms with Crippen molar-refractivity contribution in [3.05, 3.63) is 60.3 Å². The highest BCUT2D eigenvalue weighted by atomic mass is 19.4. The van der Waals surface area contributed by atoms with E-state index in [-0.39, 0.29) is 11.4 Å². The Labute approximate surface area is 127 Å². The summed E-state index contributed by atoms with van der Waals surface area (Å²) in [7, 11) is 0. The predicted octanol–water partition coefficient (Wildman–Crippen LogP) is 4.06. The number of allylic oxidation sites excluding steroid dienone is 2. The number of nitrogens with zero attached hydrogens (tertiary/aromatic N) is 2. The van der Waals surface area contributed by atoms with Crippen LogP contribution in [0.1, 0.15) is 5.56 Å². The summed E-state index contributed by atoms with van der Waals surface area (Å²) in [6.07, 6.45) is -6.58. The zero-order chi connectivity index (χ0) is 16.9. The van der Waals surface area contributed by atoms with Crippen LogP contribution in [0.2, 0.25) is 0 Å². The Morgan fingerprint density at radius 3 is 2.09 bits per heavy atom. The number of benzene rings is 1. The molecule has 23 heavy (non-hydrogen) atoms. The Hall–Kier alpha value is -2.25. The van der Waals surface area contributed by atoms with Crippen molar-refractivity contribution in [3.63, 3.8) is 0 Å². The molecule has 0 saturated carbocycles. The summed E-state index contributed by atoms with van der Waals surface area (Å²) in [5, 5.41) is 0. The van der Waals surface area contributed by atoms with Crippen LogP contribution in [0.15, 0.2) is 59.8 Å². The van der Waals surface area contributed by atoms with E-state index in [0.29, 0.717) is 0 Å². The summed E-state index contributed by atoms with van der Waals surface area (Å²) in [5.74, 6) is -0.356. The van der Waals surface area contributed by atoms with E-state index in [1.54, 1.807) is 6.07 Å². The van der Waals surface area contributed by atoms with E-state index >= 15 is 0 Å². The van der Waals surface area contributed by atoms with E-state index in [0.717, 1.165) is 17.1 Å². The SMILES string of the molecule is FC(F)(F)C1(C(F)(F)F)N=C(c2ccccc2)N2C=CC=CC21. The van der Waals surface area contributed by atoms with Crippen molar-refractivity contribution in [2.75, 3.05) is 0 Å². The minimum absolute atomic E-state index is 0.188. The number of rotatable bonds is 1. The van der Waals surface area contributed by atoms with E-state index < -0.39 is 23.9 Å². The van der Waals surface area contributed by atoms with Gasteiger partial charge in [-0.1, -0.05) is 42.5 Å². The average molecular weight is 332 g/mol. The lowest BCUT2D eigenvalue weighted by Crippen LogP contribution is -2.63. The molecule has 0 amide bonds. The summed E-state index contributed by atoms with van der Waals surface area (Å²) in [5.41, 5.74) is -4.00. The molecule has 0 N–H and O–H groups in total. The Morgan fingerprint density at radius 2 is 1.52 bits per heavy atom. The molecule has 0 aliphatic carbocycles. The van der Waals surface area contributed by atoms with Crippen LogP contribution in [0.25, 0.3) is 0 Å². The van der Waals surface area contributed by atoms with Crippen molar-refractivity contribution in [2.24, 2.45) is 4.99 Å². The fraction of sp³-hybridized carbons (Fsp3) is 0.267. The molecule has 8 heteroatoms. The zero-order valence-electron chi connectivity index (χ0n) is 11.4. The molecule has 0 bridgehead atoms.